The molecule has 2 aromatic carbocycles. The number of likely N-dealkylation sites (N-methyl/N-ethyl adjacent to an activating group) is 1. The molecule has 1 aliphatic heterocycles. The minimum absolute atomic E-state index is 0.126. The summed E-state index contributed by atoms with van der Waals surface area (Å²) in [5, 5.41) is 3.75. The van der Waals surface area contributed by atoms with Gasteiger partial charge in [0.05, 0.1) is 25.9 Å². The number of hydrogen-bond donors (Lipinski definition) is 1. The number of fused-ring (bicyclic) bond motifs is 5. The standard InChI is InChI=1S/C33H37N5O5S2/c1-36(2)45(41,42)35-32(39)22-10-12-27-28(18-22)38-19-24(33(40)37(3)20-29-34-14-15-44-29)16-23-17-25(43-4)11-13-26(23)31(38)30(27)21-8-6-5-7-9-21/h10-18,21H,5-9,19-20H2,1-4H3,(H,35,39). The predicted octanol–water partition coefficient (Wildman–Crippen LogP) is 5.41. The van der Waals surface area contributed by atoms with E-state index in [1.165, 1.54) is 37.4 Å². The van der Waals surface area contributed by atoms with Crippen molar-refractivity contribution < 1.29 is 22.7 Å². The normalized spacial score (nSPS) is 15.3. The van der Waals surface area contributed by atoms with Gasteiger partial charge in [0.2, 0.25) is 0 Å². The first-order chi connectivity index (χ1) is 21.6. The summed E-state index contributed by atoms with van der Waals surface area (Å²) in [7, 11) is 2.16. The highest BCUT2D eigenvalue weighted by molar-refractivity contribution is 7.87. The van der Waals surface area contributed by atoms with Gasteiger partial charge in [-0.15, -0.1) is 11.3 Å². The molecule has 4 aromatic rings. The molecule has 1 aliphatic carbocycles. The van der Waals surface area contributed by atoms with Gasteiger partial charge in [-0.3, -0.25) is 9.59 Å². The number of carbonyl (C=O) groups excluding carboxylic acids is 2. The lowest BCUT2D eigenvalue weighted by atomic mass is 9.81. The number of rotatable bonds is 8. The molecule has 6 rings (SSSR count). The van der Waals surface area contributed by atoms with Crippen LogP contribution in [0, 0.1) is 0 Å². The highest BCUT2D eigenvalue weighted by atomic mass is 32.2. The molecule has 45 heavy (non-hydrogen) atoms. The lowest BCUT2D eigenvalue weighted by Gasteiger charge is -2.24. The van der Waals surface area contributed by atoms with Crippen LogP contribution in [0.2, 0.25) is 0 Å². The van der Waals surface area contributed by atoms with Gasteiger partial charge in [-0.05, 0) is 66.3 Å². The number of carbonyl (C=O) groups is 2. The van der Waals surface area contributed by atoms with E-state index in [9.17, 15) is 18.0 Å². The van der Waals surface area contributed by atoms with E-state index in [0.717, 1.165) is 62.7 Å². The van der Waals surface area contributed by atoms with E-state index >= 15 is 0 Å². The van der Waals surface area contributed by atoms with Gasteiger partial charge in [0.15, 0.2) is 0 Å². The van der Waals surface area contributed by atoms with Crippen LogP contribution < -0.4 is 9.46 Å². The Hall–Kier alpha value is -4.00. The second kappa shape index (κ2) is 12.4. The van der Waals surface area contributed by atoms with E-state index < -0.39 is 16.1 Å². The minimum Gasteiger partial charge on any atom is -0.497 e. The first-order valence-electron chi connectivity index (χ1n) is 15.0. The average Bonchev–Trinajstić information content (AvgIpc) is 3.61. The molecule has 236 valence electrons. The summed E-state index contributed by atoms with van der Waals surface area (Å²) in [5.74, 6) is 0.164. The van der Waals surface area contributed by atoms with E-state index in [4.69, 9.17) is 4.74 Å². The van der Waals surface area contributed by atoms with Crippen molar-refractivity contribution in [3.8, 4) is 17.0 Å². The van der Waals surface area contributed by atoms with Gasteiger partial charge in [-0.1, -0.05) is 25.3 Å². The van der Waals surface area contributed by atoms with E-state index in [1.54, 1.807) is 37.4 Å². The monoisotopic (exact) mass is 647 g/mol. The van der Waals surface area contributed by atoms with Gasteiger partial charge < -0.3 is 14.2 Å². The fraction of sp³-hybridized carbons (Fsp3) is 0.364. The largest absolute Gasteiger partial charge is 0.497 e. The second-order valence-electron chi connectivity index (χ2n) is 11.8. The molecule has 2 aromatic heterocycles. The maximum atomic E-state index is 14.0. The zero-order valence-electron chi connectivity index (χ0n) is 25.9. The minimum atomic E-state index is -3.98. The van der Waals surface area contributed by atoms with Crippen LogP contribution in [-0.2, 0) is 28.1 Å². The molecule has 1 saturated carbocycles. The average molecular weight is 648 g/mol. The molecule has 2 aliphatic rings. The molecule has 12 heteroatoms. The predicted molar refractivity (Wildman–Crippen MR) is 176 cm³/mol. The number of benzene rings is 2. The van der Waals surface area contributed by atoms with Crippen molar-refractivity contribution in [3.63, 3.8) is 0 Å². The highest BCUT2D eigenvalue weighted by Crippen LogP contribution is 2.47. The van der Waals surface area contributed by atoms with Crippen LogP contribution in [0.1, 0.15) is 64.5 Å². The lowest BCUT2D eigenvalue weighted by Crippen LogP contribution is -2.39. The zero-order valence-corrected chi connectivity index (χ0v) is 27.5. The Morgan fingerprint density at radius 1 is 1.09 bits per heavy atom. The number of amides is 2. The molecule has 3 heterocycles. The maximum absolute atomic E-state index is 14.0. The van der Waals surface area contributed by atoms with Gasteiger partial charge in [-0.2, -0.15) is 12.7 Å². The van der Waals surface area contributed by atoms with Crippen molar-refractivity contribution in [2.75, 3.05) is 28.3 Å². The molecule has 1 fully saturated rings. The van der Waals surface area contributed by atoms with Gasteiger partial charge in [-0.25, -0.2) is 9.71 Å². The number of thiazole rings is 1. The Labute approximate surface area is 267 Å². The fourth-order valence-corrected chi connectivity index (χ4v) is 7.63. The van der Waals surface area contributed by atoms with Crippen LogP contribution in [0.3, 0.4) is 0 Å². The van der Waals surface area contributed by atoms with E-state index in [-0.39, 0.29) is 18.0 Å². The fourth-order valence-electron chi connectivity index (χ4n) is 6.43. The summed E-state index contributed by atoms with van der Waals surface area (Å²) in [6.07, 6.45) is 9.26. The Bertz CT molecular complexity index is 1900. The van der Waals surface area contributed by atoms with Crippen molar-refractivity contribution in [1.82, 2.24) is 23.5 Å². The Kier molecular flexibility index (Phi) is 8.55. The Balaban J connectivity index is 1.54. The molecular formula is C33H37N5O5S2. The third kappa shape index (κ3) is 6.01. The van der Waals surface area contributed by atoms with Crippen LogP contribution in [0.25, 0.3) is 28.2 Å². The third-order valence-corrected chi connectivity index (χ3v) is 10.9. The lowest BCUT2D eigenvalue weighted by molar-refractivity contribution is -0.126. The maximum Gasteiger partial charge on any atom is 0.303 e. The van der Waals surface area contributed by atoms with Crippen molar-refractivity contribution >= 4 is 50.3 Å². The van der Waals surface area contributed by atoms with Crippen molar-refractivity contribution in [2.45, 2.75) is 51.1 Å². The molecule has 0 saturated heterocycles. The van der Waals surface area contributed by atoms with Crippen LogP contribution in [0.15, 0.2) is 53.5 Å². The summed E-state index contributed by atoms with van der Waals surface area (Å²) in [5.41, 5.74) is 5.69. The quantitative estimate of drug-likeness (QED) is 0.274. The first kappa shape index (κ1) is 31.0. The van der Waals surface area contributed by atoms with Crippen molar-refractivity contribution in [3.05, 3.63) is 75.2 Å². The van der Waals surface area contributed by atoms with Gasteiger partial charge in [0.1, 0.15) is 10.8 Å². The zero-order chi connectivity index (χ0) is 31.9. The topological polar surface area (TPSA) is 114 Å². The van der Waals surface area contributed by atoms with E-state index in [0.29, 0.717) is 23.8 Å². The Morgan fingerprint density at radius 3 is 2.56 bits per heavy atom. The molecule has 0 bridgehead atoms. The number of nitrogens with one attached hydrogen (secondary N) is 1. The van der Waals surface area contributed by atoms with Crippen LogP contribution in [0.4, 0.5) is 0 Å². The molecule has 2 amide bonds. The number of methoxy groups -OCH3 is 1. The first-order valence-corrected chi connectivity index (χ1v) is 17.3. The van der Waals surface area contributed by atoms with E-state index in [2.05, 4.69) is 14.3 Å². The number of aromatic nitrogens is 2. The summed E-state index contributed by atoms with van der Waals surface area (Å²) in [4.78, 5) is 33.3. The molecule has 0 atom stereocenters. The summed E-state index contributed by atoms with van der Waals surface area (Å²) < 4.78 is 35.8. The molecule has 10 nitrogen and oxygen atoms in total. The summed E-state index contributed by atoms with van der Waals surface area (Å²) >= 11 is 1.50. The summed E-state index contributed by atoms with van der Waals surface area (Å²) in [6.45, 7) is 0.660. The number of hydrogen-bond acceptors (Lipinski definition) is 7. The number of ether oxygens (including phenoxy) is 1. The third-order valence-electron chi connectivity index (χ3n) is 8.73. The molecule has 0 spiro atoms. The second-order valence-corrected chi connectivity index (χ2v) is 14.7. The Morgan fingerprint density at radius 2 is 1.87 bits per heavy atom. The van der Waals surface area contributed by atoms with Crippen molar-refractivity contribution in [1.29, 1.82) is 0 Å². The smallest absolute Gasteiger partial charge is 0.303 e. The van der Waals surface area contributed by atoms with Gasteiger partial charge >= 0.3 is 10.2 Å². The molecule has 0 radical (unpaired) electrons. The SMILES string of the molecule is COc1ccc2c(c1)C=C(C(=O)N(C)Cc1nccs1)Cn1c-2c(C2CCCCC2)c2ccc(C(=O)NS(=O)(=O)N(C)C)cc21. The molecule has 0 unspecified atom stereocenters. The van der Waals surface area contributed by atoms with Crippen LogP contribution >= 0.6 is 11.3 Å². The number of nitrogens with zero attached hydrogens (tertiary/aromatic N) is 4. The van der Waals surface area contributed by atoms with Gasteiger partial charge in [0.25, 0.3) is 11.8 Å². The highest BCUT2D eigenvalue weighted by Gasteiger charge is 2.31. The van der Waals surface area contributed by atoms with Gasteiger partial charge in [0, 0.05) is 60.3 Å². The van der Waals surface area contributed by atoms with Crippen LogP contribution in [0.5, 0.6) is 5.75 Å². The molecular weight excluding hydrogens is 611 g/mol. The summed E-state index contributed by atoms with van der Waals surface area (Å²) in [6, 6.07) is 11.3. The van der Waals surface area contributed by atoms with E-state index in [1.807, 2.05) is 35.7 Å². The molecule has 1 N–H and O–H groups in total. The van der Waals surface area contributed by atoms with Crippen LogP contribution in [-0.4, -0.2) is 67.2 Å². The van der Waals surface area contributed by atoms with Crippen molar-refractivity contribution in [2.24, 2.45) is 0 Å².